The van der Waals surface area contributed by atoms with Crippen molar-refractivity contribution < 1.29 is 14.7 Å². The minimum atomic E-state index is -1.00. The fourth-order valence-corrected chi connectivity index (χ4v) is 1.66. The van der Waals surface area contributed by atoms with E-state index in [2.05, 4.69) is 5.32 Å². The predicted octanol–water partition coefficient (Wildman–Crippen LogP) is 1.58. The SMILES string of the molecule is CC(C)NC(=O)c1ccc(C(=O)O)s1. The van der Waals surface area contributed by atoms with Crippen LogP contribution in [0.4, 0.5) is 0 Å². The largest absolute Gasteiger partial charge is 0.477 e. The molecule has 1 heterocycles. The average Bonchev–Trinajstić information content (AvgIpc) is 2.50. The Morgan fingerprint density at radius 1 is 1.36 bits per heavy atom. The van der Waals surface area contributed by atoms with Gasteiger partial charge in [-0.05, 0) is 26.0 Å². The molecule has 0 fully saturated rings. The lowest BCUT2D eigenvalue weighted by molar-refractivity contribution is 0.0702. The second kappa shape index (κ2) is 4.23. The molecular formula is C9H11NO3S. The van der Waals surface area contributed by atoms with E-state index < -0.39 is 5.97 Å². The van der Waals surface area contributed by atoms with Gasteiger partial charge in [-0.15, -0.1) is 11.3 Å². The first kappa shape index (κ1) is 10.7. The van der Waals surface area contributed by atoms with Crippen LogP contribution in [0.2, 0.25) is 0 Å². The Balaban J connectivity index is 2.76. The van der Waals surface area contributed by atoms with E-state index in [1.54, 1.807) is 0 Å². The van der Waals surface area contributed by atoms with Gasteiger partial charge in [0.2, 0.25) is 0 Å². The Morgan fingerprint density at radius 2 is 1.93 bits per heavy atom. The van der Waals surface area contributed by atoms with Crippen LogP contribution in [-0.4, -0.2) is 23.0 Å². The summed E-state index contributed by atoms with van der Waals surface area (Å²) < 4.78 is 0. The third-order valence-electron chi connectivity index (χ3n) is 1.46. The molecule has 0 aliphatic carbocycles. The number of hydrogen-bond donors (Lipinski definition) is 2. The number of aromatic carboxylic acids is 1. The molecule has 0 unspecified atom stereocenters. The van der Waals surface area contributed by atoms with Crippen LogP contribution in [0.3, 0.4) is 0 Å². The van der Waals surface area contributed by atoms with E-state index in [4.69, 9.17) is 5.11 Å². The van der Waals surface area contributed by atoms with Gasteiger partial charge in [0, 0.05) is 6.04 Å². The van der Waals surface area contributed by atoms with E-state index in [1.807, 2.05) is 13.8 Å². The molecule has 0 bridgehead atoms. The van der Waals surface area contributed by atoms with Crippen molar-refractivity contribution in [1.82, 2.24) is 5.32 Å². The topological polar surface area (TPSA) is 66.4 Å². The normalized spacial score (nSPS) is 10.2. The summed E-state index contributed by atoms with van der Waals surface area (Å²) in [6, 6.07) is 3.01. The lowest BCUT2D eigenvalue weighted by atomic mass is 10.3. The molecule has 1 aromatic rings. The van der Waals surface area contributed by atoms with E-state index in [9.17, 15) is 9.59 Å². The maximum atomic E-state index is 11.4. The van der Waals surface area contributed by atoms with Crippen molar-refractivity contribution >= 4 is 23.2 Å². The van der Waals surface area contributed by atoms with Crippen LogP contribution in [0.25, 0.3) is 0 Å². The molecule has 76 valence electrons. The highest BCUT2D eigenvalue weighted by Crippen LogP contribution is 2.16. The highest BCUT2D eigenvalue weighted by molar-refractivity contribution is 7.15. The molecule has 1 amide bonds. The molecule has 0 spiro atoms. The van der Waals surface area contributed by atoms with Gasteiger partial charge in [0.15, 0.2) is 0 Å². The molecule has 1 rings (SSSR count). The van der Waals surface area contributed by atoms with Crippen LogP contribution >= 0.6 is 11.3 Å². The van der Waals surface area contributed by atoms with Gasteiger partial charge in [-0.1, -0.05) is 0 Å². The Kier molecular flexibility index (Phi) is 3.24. The lowest BCUT2D eigenvalue weighted by Crippen LogP contribution is -2.29. The third-order valence-corrected chi connectivity index (χ3v) is 2.53. The average molecular weight is 213 g/mol. The number of carbonyl (C=O) groups is 2. The zero-order chi connectivity index (χ0) is 10.7. The molecule has 0 radical (unpaired) electrons. The zero-order valence-corrected chi connectivity index (χ0v) is 8.72. The molecule has 0 saturated heterocycles. The minimum Gasteiger partial charge on any atom is -0.477 e. The highest BCUT2D eigenvalue weighted by atomic mass is 32.1. The van der Waals surface area contributed by atoms with Crippen molar-refractivity contribution in [2.45, 2.75) is 19.9 Å². The maximum Gasteiger partial charge on any atom is 0.345 e. The Morgan fingerprint density at radius 3 is 2.36 bits per heavy atom. The van der Waals surface area contributed by atoms with E-state index >= 15 is 0 Å². The first-order valence-corrected chi connectivity index (χ1v) is 4.96. The summed E-state index contributed by atoms with van der Waals surface area (Å²) in [5, 5.41) is 11.3. The Hall–Kier alpha value is -1.36. The van der Waals surface area contributed by atoms with Gasteiger partial charge in [0.05, 0.1) is 4.88 Å². The van der Waals surface area contributed by atoms with Gasteiger partial charge >= 0.3 is 5.97 Å². The van der Waals surface area contributed by atoms with Crippen LogP contribution < -0.4 is 5.32 Å². The molecule has 0 aliphatic heterocycles. The van der Waals surface area contributed by atoms with Crippen molar-refractivity contribution in [1.29, 1.82) is 0 Å². The standard InChI is InChI=1S/C9H11NO3S/c1-5(2)10-8(11)6-3-4-7(14-6)9(12)13/h3-5H,1-2H3,(H,10,11)(H,12,13). The molecule has 0 aliphatic rings. The summed E-state index contributed by atoms with van der Waals surface area (Å²) in [4.78, 5) is 22.5. The van der Waals surface area contributed by atoms with Crippen molar-refractivity contribution in [2.24, 2.45) is 0 Å². The third kappa shape index (κ3) is 2.56. The quantitative estimate of drug-likeness (QED) is 0.801. The van der Waals surface area contributed by atoms with Crippen LogP contribution in [0.1, 0.15) is 33.2 Å². The van der Waals surface area contributed by atoms with Crippen LogP contribution in [0, 0.1) is 0 Å². The predicted molar refractivity (Wildman–Crippen MR) is 53.9 cm³/mol. The number of carboxylic acids is 1. The zero-order valence-electron chi connectivity index (χ0n) is 7.90. The van der Waals surface area contributed by atoms with Crippen LogP contribution in [0.5, 0.6) is 0 Å². The smallest absolute Gasteiger partial charge is 0.345 e. The van der Waals surface area contributed by atoms with E-state index in [0.717, 1.165) is 11.3 Å². The summed E-state index contributed by atoms with van der Waals surface area (Å²) in [7, 11) is 0. The number of rotatable bonds is 3. The Labute approximate surface area is 85.6 Å². The monoisotopic (exact) mass is 213 g/mol. The number of thiophene rings is 1. The minimum absolute atomic E-state index is 0.0536. The highest BCUT2D eigenvalue weighted by Gasteiger charge is 2.12. The number of carboxylic acid groups (broad SMARTS) is 1. The van der Waals surface area contributed by atoms with Gasteiger partial charge in [-0.2, -0.15) is 0 Å². The number of nitrogens with one attached hydrogen (secondary N) is 1. The first-order chi connectivity index (χ1) is 6.50. The van der Waals surface area contributed by atoms with Gasteiger partial charge < -0.3 is 10.4 Å². The van der Waals surface area contributed by atoms with Gasteiger partial charge in [0.1, 0.15) is 4.88 Å². The van der Waals surface area contributed by atoms with Crippen LogP contribution in [0.15, 0.2) is 12.1 Å². The lowest BCUT2D eigenvalue weighted by Gasteiger charge is -2.05. The van der Waals surface area contributed by atoms with Gasteiger partial charge in [-0.3, -0.25) is 4.79 Å². The molecule has 0 saturated carbocycles. The summed E-state index contributed by atoms with van der Waals surface area (Å²) in [5.41, 5.74) is 0. The van der Waals surface area contributed by atoms with E-state index in [1.165, 1.54) is 12.1 Å². The summed E-state index contributed by atoms with van der Waals surface area (Å²) >= 11 is 0.979. The molecule has 5 heteroatoms. The van der Waals surface area contributed by atoms with Gasteiger partial charge in [-0.25, -0.2) is 4.79 Å². The van der Waals surface area contributed by atoms with Crippen molar-refractivity contribution in [3.63, 3.8) is 0 Å². The number of amides is 1. The molecule has 14 heavy (non-hydrogen) atoms. The van der Waals surface area contributed by atoms with Crippen molar-refractivity contribution in [3.8, 4) is 0 Å². The molecule has 4 nitrogen and oxygen atoms in total. The molecular weight excluding hydrogens is 202 g/mol. The second-order valence-corrected chi connectivity index (χ2v) is 4.18. The Bertz CT molecular complexity index is 357. The molecule has 0 aromatic carbocycles. The maximum absolute atomic E-state index is 11.4. The summed E-state index contributed by atoms with van der Waals surface area (Å²) in [5.74, 6) is -1.23. The van der Waals surface area contributed by atoms with E-state index in [-0.39, 0.29) is 16.8 Å². The summed E-state index contributed by atoms with van der Waals surface area (Å²) in [6.07, 6.45) is 0. The molecule has 0 atom stereocenters. The fourth-order valence-electron chi connectivity index (χ4n) is 0.908. The van der Waals surface area contributed by atoms with Crippen molar-refractivity contribution in [2.75, 3.05) is 0 Å². The van der Waals surface area contributed by atoms with Crippen LogP contribution in [-0.2, 0) is 0 Å². The number of hydrogen-bond acceptors (Lipinski definition) is 3. The first-order valence-electron chi connectivity index (χ1n) is 4.14. The number of carbonyl (C=O) groups excluding carboxylic acids is 1. The van der Waals surface area contributed by atoms with Crippen molar-refractivity contribution in [3.05, 3.63) is 21.9 Å². The fraction of sp³-hybridized carbons (Fsp3) is 0.333. The van der Waals surface area contributed by atoms with E-state index in [0.29, 0.717) is 4.88 Å². The second-order valence-electron chi connectivity index (χ2n) is 3.10. The van der Waals surface area contributed by atoms with Gasteiger partial charge in [0.25, 0.3) is 5.91 Å². The molecule has 1 aromatic heterocycles. The summed E-state index contributed by atoms with van der Waals surface area (Å²) in [6.45, 7) is 3.70. The molecule has 2 N–H and O–H groups in total.